The van der Waals surface area contributed by atoms with E-state index in [9.17, 15) is 4.79 Å². The number of nitrogens with one attached hydrogen (secondary N) is 1. The minimum Gasteiger partial charge on any atom is -0.487 e. The molecule has 1 N–H and O–H groups in total. The number of carbonyl (C=O) groups excluding carboxylic acids is 1. The first-order valence-corrected chi connectivity index (χ1v) is 9.41. The van der Waals surface area contributed by atoms with Crippen LogP contribution in [0.5, 0.6) is 5.75 Å². The molecule has 0 atom stereocenters. The van der Waals surface area contributed by atoms with E-state index in [0.717, 1.165) is 43.9 Å². The zero-order chi connectivity index (χ0) is 18.1. The Kier molecular flexibility index (Phi) is 4.45. The Labute approximate surface area is 155 Å². The standard InChI is InChI=1S/C22H26N2O2/c1-22(2)13-18-12-17(7-10-20(18)26-22)15-23-14-16-5-8-19(9-6-16)24-11-3-4-21(24)25/h5-10,12,23H,3-4,11,13-15H2,1-2H3. The molecule has 0 unspecified atom stereocenters. The molecule has 4 rings (SSSR count). The Morgan fingerprint density at radius 1 is 1.08 bits per heavy atom. The van der Waals surface area contributed by atoms with E-state index in [-0.39, 0.29) is 11.5 Å². The van der Waals surface area contributed by atoms with Gasteiger partial charge in [-0.1, -0.05) is 24.3 Å². The van der Waals surface area contributed by atoms with Crippen LogP contribution in [0.1, 0.15) is 43.4 Å². The number of carbonyl (C=O) groups is 1. The van der Waals surface area contributed by atoms with Gasteiger partial charge in [0, 0.05) is 38.2 Å². The van der Waals surface area contributed by atoms with Crippen molar-refractivity contribution in [3.8, 4) is 5.75 Å². The second-order valence-corrected chi connectivity index (χ2v) is 7.90. The van der Waals surface area contributed by atoms with Crippen molar-refractivity contribution < 1.29 is 9.53 Å². The number of rotatable bonds is 5. The molecule has 136 valence electrons. The summed E-state index contributed by atoms with van der Waals surface area (Å²) < 4.78 is 5.94. The normalized spacial score (nSPS) is 18.1. The van der Waals surface area contributed by atoms with Crippen molar-refractivity contribution in [1.82, 2.24) is 5.32 Å². The van der Waals surface area contributed by atoms with Crippen molar-refractivity contribution in [3.63, 3.8) is 0 Å². The number of fused-ring (bicyclic) bond motifs is 1. The van der Waals surface area contributed by atoms with Gasteiger partial charge in [-0.15, -0.1) is 0 Å². The van der Waals surface area contributed by atoms with E-state index in [4.69, 9.17) is 4.74 Å². The van der Waals surface area contributed by atoms with E-state index < -0.39 is 0 Å². The number of ether oxygens (including phenoxy) is 1. The quantitative estimate of drug-likeness (QED) is 0.891. The van der Waals surface area contributed by atoms with Gasteiger partial charge < -0.3 is 15.0 Å². The lowest BCUT2D eigenvalue weighted by Crippen LogP contribution is -2.24. The van der Waals surface area contributed by atoms with E-state index >= 15 is 0 Å². The van der Waals surface area contributed by atoms with Gasteiger partial charge in [-0.05, 0) is 55.2 Å². The van der Waals surface area contributed by atoms with Crippen molar-refractivity contribution in [1.29, 1.82) is 0 Å². The fraction of sp³-hybridized carbons (Fsp3) is 0.409. The molecular formula is C22H26N2O2. The van der Waals surface area contributed by atoms with Crippen molar-refractivity contribution in [2.24, 2.45) is 0 Å². The molecule has 2 aliphatic rings. The van der Waals surface area contributed by atoms with Crippen molar-refractivity contribution in [2.45, 2.75) is 51.8 Å². The first kappa shape index (κ1) is 17.1. The third-order valence-corrected chi connectivity index (χ3v) is 5.11. The molecule has 2 heterocycles. The van der Waals surface area contributed by atoms with Crippen molar-refractivity contribution in [2.75, 3.05) is 11.4 Å². The maximum atomic E-state index is 11.8. The molecule has 0 spiro atoms. The third kappa shape index (κ3) is 3.61. The number of benzene rings is 2. The number of nitrogens with zero attached hydrogens (tertiary/aromatic N) is 1. The van der Waals surface area contributed by atoms with Gasteiger partial charge in [-0.2, -0.15) is 0 Å². The van der Waals surface area contributed by atoms with Crippen LogP contribution in [0.25, 0.3) is 0 Å². The highest BCUT2D eigenvalue weighted by atomic mass is 16.5. The maximum absolute atomic E-state index is 11.8. The number of hydrogen-bond donors (Lipinski definition) is 1. The fourth-order valence-electron chi connectivity index (χ4n) is 3.84. The lowest BCUT2D eigenvalue weighted by atomic mass is 10.0. The maximum Gasteiger partial charge on any atom is 0.227 e. The summed E-state index contributed by atoms with van der Waals surface area (Å²) in [6, 6.07) is 14.8. The molecule has 0 bridgehead atoms. The highest BCUT2D eigenvalue weighted by Crippen LogP contribution is 2.35. The fourth-order valence-corrected chi connectivity index (χ4v) is 3.84. The van der Waals surface area contributed by atoms with Gasteiger partial charge in [-0.3, -0.25) is 4.79 Å². The molecule has 0 aliphatic carbocycles. The number of hydrogen-bond acceptors (Lipinski definition) is 3. The zero-order valence-electron chi connectivity index (χ0n) is 15.5. The zero-order valence-corrected chi connectivity index (χ0v) is 15.5. The predicted octanol–water partition coefficient (Wildman–Crippen LogP) is 3.82. The molecule has 1 fully saturated rings. The lowest BCUT2D eigenvalue weighted by molar-refractivity contribution is -0.117. The Hall–Kier alpha value is -2.33. The first-order chi connectivity index (χ1) is 12.5. The summed E-state index contributed by atoms with van der Waals surface area (Å²) in [6.07, 6.45) is 2.60. The topological polar surface area (TPSA) is 41.6 Å². The minimum absolute atomic E-state index is 0.0904. The summed E-state index contributed by atoms with van der Waals surface area (Å²) in [5, 5.41) is 3.51. The molecule has 1 saturated heterocycles. The number of amides is 1. The molecule has 4 heteroatoms. The Morgan fingerprint density at radius 2 is 1.81 bits per heavy atom. The molecule has 0 radical (unpaired) electrons. The molecule has 2 aromatic rings. The van der Waals surface area contributed by atoms with Gasteiger partial charge in [-0.25, -0.2) is 0 Å². The average molecular weight is 350 g/mol. The van der Waals surface area contributed by atoms with E-state index in [1.165, 1.54) is 16.7 Å². The summed E-state index contributed by atoms with van der Waals surface area (Å²) >= 11 is 0. The van der Waals surface area contributed by atoms with Crippen LogP contribution >= 0.6 is 0 Å². The molecule has 2 aromatic carbocycles. The Bertz CT molecular complexity index is 811. The van der Waals surface area contributed by atoms with E-state index in [1.54, 1.807) is 0 Å². The average Bonchev–Trinajstić information content (AvgIpc) is 3.16. The number of anilines is 1. The SMILES string of the molecule is CC1(C)Cc2cc(CNCc3ccc(N4CCCC4=O)cc3)ccc2O1. The van der Waals surface area contributed by atoms with Crippen LogP contribution in [0, 0.1) is 0 Å². The van der Waals surface area contributed by atoms with Gasteiger partial charge >= 0.3 is 0 Å². The molecule has 4 nitrogen and oxygen atoms in total. The van der Waals surface area contributed by atoms with Crippen LogP contribution in [-0.2, 0) is 24.3 Å². The largest absolute Gasteiger partial charge is 0.487 e. The molecule has 26 heavy (non-hydrogen) atoms. The van der Waals surface area contributed by atoms with E-state index in [0.29, 0.717) is 6.42 Å². The van der Waals surface area contributed by atoms with Crippen LogP contribution in [0.15, 0.2) is 42.5 Å². The molecule has 2 aliphatic heterocycles. The molecule has 0 aromatic heterocycles. The predicted molar refractivity (Wildman–Crippen MR) is 103 cm³/mol. The summed E-state index contributed by atoms with van der Waals surface area (Å²) in [5.74, 6) is 1.26. The molecular weight excluding hydrogens is 324 g/mol. The second kappa shape index (κ2) is 6.76. The van der Waals surface area contributed by atoms with Crippen LogP contribution in [0.2, 0.25) is 0 Å². The van der Waals surface area contributed by atoms with Crippen molar-refractivity contribution in [3.05, 3.63) is 59.2 Å². The highest BCUT2D eigenvalue weighted by molar-refractivity contribution is 5.95. The van der Waals surface area contributed by atoms with Crippen LogP contribution in [0.3, 0.4) is 0 Å². The Morgan fingerprint density at radius 3 is 2.54 bits per heavy atom. The third-order valence-electron chi connectivity index (χ3n) is 5.11. The summed E-state index contributed by atoms with van der Waals surface area (Å²) in [7, 11) is 0. The summed E-state index contributed by atoms with van der Waals surface area (Å²) in [4.78, 5) is 13.7. The van der Waals surface area contributed by atoms with Crippen LogP contribution in [0.4, 0.5) is 5.69 Å². The summed E-state index contributed by atoms with van der Waals surface area (Å²) in [5.41, 5.74) is 4.73. The highest BCUT2D eigenvalue weighted by Gasteiger charge is 2.29. The molecule has 0 saturated carbocycles. The second-order valence-electron chi connectivity index (χ2n) is 7.90. The van der Waals surface area contributed by atoms with Crippen LogP contribution in [-0.4, -0.2) is 18.1 Å². The van der Waals surface area contributed by atoms with E-state index in [2.05, 4.69) is 61.6 Å². The first-order valence-electron chi connectivity index (χ1n) is 9.41. The lowest BCUT2D eigenvalue weighted by Gasteiger charge is -2.16. The smallest absolute Gasteiger partial charge is 0.227 e. The molecule has 1 amide bonds. The van der Waals surface area contributed by atoms with Gasteiger partial charge in [0.05, 0.1) is 0 Å². The van der Waals surface area contributed by atoms with Gasteiger partial charge in [0.25, 0.3) is 0 Å². The van der Waals surface area contributed by atoms with Gasteiger partial charge in [0.15, 0.2) is 0 Å². The van der Waals surface area contributed by atoms with Gasteiger partial charge in [0.2, 0.25) is 5.91 Å². The van der Waals surface area contributed by atoms with Crippen LogP contribution < -0.4 is 15.0 Å². The van der Waals surface area contributed by atoms with Crippen molar-refractivity contribution >= 4 is 11.6 Å². The summed E-state index contributed by atoms with van der Waals surface area (Å²) in [6.45, 7) is 6.75. The van der Waals surface area contributed by atoms with E-state index in [1.807, 2.05) is 4.90 Å². The Balaban J connectivity index is 1.32. The van der Waals surface area contributed by atoms with Gasteiger partial charge in [0.1, 0.15) is 11.4 Å². The minimum atomic E-state index is -0.0904. The monoisotopic (exact) mass is 350 g/mol.